The molecule has 0 aliphatic heterocycles. The van der Waals surface area contributed by atoms with E-state index < -0.39 is 0 Å². The Morgan fingerprint density at radius 1 is 1.00 bits per heavy atom. The molecular formula is C13H11Cl2N. The van der Waals surface area contributed by atoms with E-state index in [4.69, 9.17) is 28.9 Å². The van der Waals surface area contributed by atoms with Gasteiger partial charge in [-0.15, -0.1) is 0 Å². The van der Waals surface area contributed by atoms with Crippen molar-refractivity contribution < 1.29 is 0 Å². The Balaban J connectivity index is 2.58. The zero-order valence-corrected chi connectivity index (χ0v) is 10.3. The third-order valence-electron chi connectivity index (χ3n) is 2.51. The lowest BCUT2D eigenvalue weighted by Gasteiger charge is -2.07. The van der Waals surface area contributed by atoms with E-state index in [1.54, 1.807) is 12.1 Å². The molecule has 2 N–H and O–H groups in total. The summed E-state index contributed by atoms with van der Waals surface area (Å²) < 4.78 is 0. The summed E-state index contributed by atoms with van der Waals surface area (Å²) in [5.74, 6) is 0. The normalized spacial score (nSPS) is 10.4. The standard InChI is InChI=1S/C13H11Cl2N/c1-8-6-9(2-5-13(8)16)11-7-10(14)3-4-12(11)15/h2-7H,16H2,1H3. The van der Waals surface area contributed by atoms with E-state index in [2.05, 4.69) is 0 Å². The van der Waals surface area contributed by atoms with Gasteiger partial charge < -0.3 is 5.73 Å². The Labute approximate surface area is 105 Å². The monoisotopic (exact) mass is 251 g/mol. The van der Waals surface area contributed by atoms with Crippen LogP contribution in [0.3, 0.4) is 0 Å². The van der Waals surface area contributed by atoms with Gasteiger partial charge in [0.2, 0.25) is 0 Å². The Morgan fingerprint density at radius 2 is 1.75 bits per heavy atom. The van der Waals surface area contributed by atoms with E-state index in [1.807, 2.05) is 31.2 Å². The minimum Gasteiger partial charge on any atom is -0.399 e. The molecule has 0 bridgehead atoms. The highest BCUT2D eigenvalue weighted by molar-refractivity contribution is 6.35. The Hall–Kier alpha value is -1.18. The maximum atomic E-state index is 6.13. The van der Waals surface area contributed by atoms with E-state index in [9.17, 15) is 0 Å². The van der Waals surface area contributed by atoms with Gasteiger partial charge in [0.1, 0.15) is 0 Å². The molecule has 0 aromatic heterocycles. The van der Waals surface area contributed by atoms with Gasteiger partial charge in [0.05, 0.1) is 0 Å². The fourth-order valence-corrected chi connectivity index (χ4v) is 1.96. The van der Waals surface area contributed by atoms with Crippen LogP contribution in [0.1, 0.15) is 5.56 Å². The summed E-state index contributed by atoms with van der Waals surface area (Å²) in [5, 5.41) is 1.36. The van der Waals surface area contributed by atoms with Crippen LogP contribution in [0.15, 0.2) is 36.4 Å². The SMILES string of the molecule is Cc1cc(-c2cc(Cl)ccc2Cl)ccc1N. The molecule has 0 saturated heterocycles. The highest BCUT2D eigenvalue weighted by Gasteiger charge is 2.05. The first-order valence-corrected chi connectivity index (χ1v) is 5.65. The Kier molecular flexibility index (Phi) is 3.08. The average molecular weight is 252 g/mol. The molecule has 0 fully saturated rings. The molecule has 0 aliphatic carbocycles. The summed E-state index contributed by atoms with van der Waals surface area (Å²) in [6.45, 7) is 1.97. The minimum atomic E-state index is 0.675. The number of benzene rings is 2. The van der Waals surface area contributed by atoms with Crippen molar-refractivity contribution in [2.24, 2.45) is 0 Å². The predicted octanol–water partition coefficient (Wildman–Crippen LogP) is 4.55. The van der Waals surface area contributed by atoms with E-state index in [1.165, 1.54) is 0 Å². The number of hydrogen-bond acceptors (Lipinski definition) is 1. The molecule has 1 nitrogen and oxygen atoms in total. The van der Waals surface area contributed by atoms with Crippen molar-refractivity contribution in [1.29, 1.82) is 0 Å². The third-order valence-corrected chi connectivity index (χ3v) is 3.07. The molecular weight excluding hydrogens is 241 g/mol. The summed E-state index contributed by atoms with van der Waals surface area (Å²) in [4.78, 5) is 0. The van der Waals surface area contributed by atoms with E-state index >= 15 is 0 Å². The lowest BCUT2D eigenvalue weighted by atomic mass is 10.0. The molecule has 0 amide bonds. The van der Waals surface area contributed by atoms with Crippen LogP contribution in [0, 0.1) is 6.92 Å². The number of nitrogens with two attached hydrogens (primary N) is 1. The van der Waals surface area contributed by atoms with Gasteiger partial charge in [-0.25, -0.2) is 0 Å². The Bertz CT molecular complexity index is 535. The van der Waals surface area contributed by atoms with Crippen LogP contribution in [0.4, 0.5) is 5.69 Å². The number of halogens is 2. The molecule has 16 heavy (non-hydrogen) atoms. The number of hydrogen-bond donors (Lipinski definition) is 1. The zero-order valence-electron chi connectivity index (χ0n) is 8.80. The molecule has 2 aromatic rings. The van der Waals surface area contributed by atoms with Gasteiger partial charge >= 0.3 is 0 Å². The van der Waals surface area contributed by atoms with Gasteiger partial charge in [-0.2, -0.15) is 0 Å². The first-order chi connectivity index (χ1) is 7.58. The van der Waals surface area contributed by atoms with Crippen molar-refractivity contribution >= 4 is 28.9 Å². The minimum absolute atomic E-state index is 0.675. The molecule has 2 aromatic carbocycles. The van der Waals surface area contributed by atoms with Crippen molar-refractivity contribution in [3.8, 4) is 11.1 Å². The van der Waals surface area contributed by atoms with Crippen LogP contribution in [-0.2, 0) is 0 Å². The fraction of sp³-hybridized carbons (Fsp3) is 0.0769. The summed E-state index contributed by atoms with van der Waals surface area (Å²) in [7, 11) is 0. The van der Waals surface area contributed by atoms with Gasteiger partial charge in [-0.05, 0) is 48.4 Å². The fourth-order valence-electron chi connectivity index (χ4n) is 1.56. The molecule has 0 unspecified atom stereocenters. The second-order valence-corrected chi connectivity index (χ2v) is 4.54. The van der Waals surface area contributed by atoms with Crippen LogP contribution in [0.5, 0.6) is 0 Å². The summed E-state index contributed by atoms with van der Waals surface area (Å²) >= 11 is 12.1. The molecule has 82 valence electrons. The van der Waals surface area contributed by atoms with E-state index in [-0.39, 0.29) is 0 Å². The largest absolute Gasteiger partial charge is 0.399 e. The highest BCUT2D eigenvalue weighted by Crippen LogP contribution is 2.31. The number of aryl methyl sites for hydroxylation is 1. The van der Waals surface area contributed by atoms with Crippen molar-refractivity contribution in [2.75, 3.05) is 5.73 Å². The zero-order chi connectivity index (χ0) is 11.7. The summed E-state index contributed by atoms with van der Waals surface area (Å²) in [6, 6.07) is 11.3. The number of nitrogen functional groups attached to an aromatic ring is 1. The molecule has 0 atom stereocenters. The molecule has 0 saturated carbocycles. The lowest BCUT2D eigenvalue weighted by molar-refractivity contribution is 1.46. The molecule has 0 spiro atoms. The summed E-state index contributed by atoms with van der Waals surface area (Å²) in [5.41, 5.74) is 9.55. The lowest BCUT2D eigenvalue weighted by Crippen LogP contribution is -1.89. The average Bonchev–Trinajstić information content (AvgIpc) is 2.26. The smallest absolute Gasteiger partial charge is 0.0485 e. The van der Waals surface area contributed by atoms with E-state index in [0.717, 1.165) is 22.4 Å². The van der Waals surface area contributed by atoms with Crippen LogP contribution in [0.2, 0.25) is 10.0 Å². The maximum absolute atomic E-state index is 6.13. The number of anilines is 1. The molecule has 2 rings (SSSR count). The first-order valence-electron chi connectivity index (χ1n) is 4.89. The van der Waals surface area contributed by atoms with Gasteiger partial charge in [0.25, 0.3) is 0 Å². The van der Waals surface area contributed by atoms with Gasteiger partial charge in [0.15, 0.2) is 0 Å². The third kappa shape index (κ3) is 2.16. The Morgan fingerprint density at radius 3 is 2.44 bits per heavy atom. The quantitative estimate of drug-likeness (QED) is 0.740. The van der Waals surface area contributed by atoms with Crippen LogP contribution < -0.4 is 5.73 Å². The van der Waals surface area contributed by atoms with Crippen LogP contribution in [-0.4, -0.2) is 0 Å². The van der Waals surface area contributed by atoms with Gasteiger partial charge in [0, 0.05) is 21.3 Å². The van der Waals surface area contributed by atoms with Crippen molar-refractivity contribution in [3.63, 3.8) is 0 Å². The molecule has 0 heterocycles. The second kappa shape index (κ2) is 4.36. The van der Waals surface area contributed by atoms with E-state index in [0.29, 0.717) is 10.0 Å². The molecule has 3 heteroatoms. The topological polar surface area (TPSA) is 26.0 Å². The van der Waals surface area contributed by atoms with Gasteiger partial charge in [-0.1, -0.05) is 29.3 Å². The van der Waals surface area contributed by atoms with Gasteiger partial charge in [-0.3, -0.25) is 0 Å². The van der Waals surface area contributed by atoms with Crippen molar-refractivity contribution in [3.05, 3.63) is 52.0 Å². The highest BCUT2D eigenvalue weighted by atomic mass is 35.5. The number of rotatable bonds is 1. The molecule has 0 radical (unpaired) electrons. The summed E-state index contributed by atoms with van der Waals surface area (Å²) in [6.07, 6.45) is 0. The first kappa shape index (κ1) is 11.3. The van der Waals surface area contributed by atoms with Crippen molar-refractivity contribution in [1.82, 2.24) is 0 Å². The van der Waals surface area contributed by atoms with Crippen LogP contribution in [0.25, 0.3) is 11.1 Å². The maximum Gasteiger partial charge on any atom is 0.0485 e. The second-order valence-electron chi connectivity index (χ2n) is 3.70. The predicted molar refractivity (Wildman–Crippen MR) is 71.0 cm³/mol. The van der Waals surface area contributed by atoms with Crippen LogP contribution >= 0.6 is 23.2 Å². The molecule has 0 aliphatic rings. The van der Waals surface area contributed by atoms with Crippen molar-refractivity contribution in [2.45, 2.75) is 6.92 Å².